The number of aromatic nitrogens is 1. The van der Waals surface area contributed by atoms with E-state index in [1.165, 1.54) is 11.8 Å². The van der Waals surface area contributed by atoms with Gasteiger partial charge in [-0.2, -0.15) is 0 Å². The van der Waals surface area contributed by atoms with E-state index in [2.05, 4.69) is 4.98 Å². The Morgan fingerprint density at radius 3 is 2.88 bits per heavy atom. The van der Waals surface area contributed by atoms with Crippen molar-refractivity contribution in [1.82, 2.24) is 4.98 Å². The average molecular weight is 251 g/mol. The number of carbonyl (C=O) groups is 1. The van der Waals surface area contributed by atoms with Gasteiger partial charge in [0.15, 0.2) is 0 Å². The fraction of sp³-hybridized carbons (Fsp3) is 0.250. The molecular weight excluding hydrogens is 238 g/mol. The summed E-state index contributed by atoms with van der Waals surface area (Å²) in [5.41, 5.74) is 1.04. The van der Waals surface area contributed by atoms with Gasteiger partial charge in [0.05, 0.1) is 17.6 Å². The van der Waals surface area contributed by atoms with Crippen LogP contribution in [0.25, 0.3) is 10.9 Å². The van der Waals surface area contributed by atoms with E-state index in [1.54, 1.807) is 0 Å². The Balaban J connectivity index is 1.97. The Hall–Kier alpha value is -1.46. The standard InChI is InChI=1S/C12H13NO3S/c14-9(6-12(15)16)7-17-11-5-8-3-1-2-4-10(8)13-11/h1-5,9,13-14H,6-7H2,(H,15,16). The van der Waals surface area contributed by atoms with Gasteiger partial charge in [0.25, 0.3) is 0 Å². The second-order valence-corrected chi connectivity index (χ2v) is 4.85. The van der Waals surface area contributed by atoms with Crippen molar-refractivity contribution in [2.45, 2.75) is 17.6 Å². The van der Waals surface area contributed by atoms with Crippen LogP contribution in [0.2, 0.25) is 0 Å². The van der Waals surface area contributed by atoms with Gasteiger partial charge in [0.2, 0.25) is 0 Å². The predicted molar refractivity (Wildman–Crippen MR) is 67.3 cm³/mol. The van der Waals surface area contributed by atoms with Crippen LogP contribution in [-0.4, -0.2) is 33.0 Å². The van der Waals surface area contributed by atoms with Crippen LogP contribution in [0.1, 0.15) is 6.42 Å². The first kappa shape index (κ1) is 12.0. The molecule has 0 aliphatic heterocycles. The summed E-state index contributed by atoms with van der Waals surface area (Å²) in [7, 11) is 0. The van der Waals surface area contributed by atoms with Crippen LogP contribution >= 0.6 is 11.8 Å². The number of H-pyrrole nitrogens is 1. The maximum absolute atomic E-state index is 10.4. The van der Waals surface area contributed by atoms with E-state index in [-0.39, 0.29) is 6.42 Å². The maximum Gasteiger partial charge on any atom is 0.306 e. The summed E-state index contributed by atoms with van der Waals surface area (Å²) in [6.07, 6.45) is -1.03. The van der Waals surface area contributed by atoms with Gasteiger partial charge in [-0.3, -0.25) is 4.79 Å². The van der Waals surface area contributed by atoms with Crippen LogP contribution in [0.5, 0.6) is 0 Å². The molecule has 90 valence electrons. The summed E-state index contributed by atoms with van der Waals surface area (Å²) in [6.45, 7) is 0. The number of para-hydroxylation sites is 1. The number of hydrogen-bond acceptors (Lipinski definition) is 3. The quantitative estimate of drug-likeness (QED) is 0.711. The summed E-state index contributed by atoms with van der Waals surface area (Å²) in [5.74, 6) is -0.603. The van der Waals surface area contributed by atoms with Crippen LogP contribution in [0.4, 0.5) is 0 Å². The molecule has 0 spiro atoms. The fourth-order valence-corrected chi connectivity index (χ4v) is 2.45. The zero-order chi connectivity index (χ0) is 12.3. The van der Waals surface area contributed by atoms with Crippen molar-refractivity contribution in [3.63, 3.8) is 0 Å². The van der Waals surface area contributed by atoms with Gasteiger partial charge in [-0.25, -0.2) is 0 Å². The van der Waals surface area contributed by atoms with Crippen LogP contribution in [-0.2, 0) is 4.79 Å². The van der Waals surface area contributed by atoms with Crippen molar-refractivity contribution in [1.29, 1.82) is 0 Å². The highest BCUT2D eigenvalue weighted by molar-refractivity contribution is 7.99. The molecule has 5 heteroatoms. The lowest BCUT2D eigenvalue weighted by Crippen LogP contribution is -2.15. The first-order valence-electron chi connectivity index (χ1n) is 5.25. The number of thioether (sulfide) groups is 1. The van der Waals surface area contributed by atoms with Crippen LogP contribution in [0.15, 0.2) is 35.4 Å². The lowest BCUT2D eigenvalue weighted by molar-refractivity contribution is -0.138. The number of hydrogen-bond donors (Lipinski definition) is 3. The van der Waals surface area contributed by atoms with Gasteiger partial charge < -0.3 is 15.2 Å². The van der Waals surface area contributed by atoms with Crippen molar-refractivity contribution in [3.8, 4) is 0 Å². The third kappa shape index (κ3) is 3.25. The molecule has 0 amide bonds. The normalized spacial score (nSPS) is 12.8. The summed E-state index contributed by atoms with van der Waals surface area (Å²) >= 11 is 1.43. The van der Waals surface area contributed by atoms with E-state index in [1.807, 2.05) is 30.3 Å². The monoisotopic (exact) mass is 251 g/mol. The fourth-order valence-electron chi connectivity index (χ4n) is 1.57. The Morgan fingerprint density at radius 1 is 1.41 bits per heavy atom. The van der Waals surface area contributed by atoms with Gasteiger partial charge in [0.1, 0.15) is 0 Å². The Kier molecular flexibility index (Phi) is 3.71. The molecule has 1 atom stereocenters. The van der Waals surface area contributed by atoms with Gasteiger partial charge in [-0.05, 0) is 12.1 Å². The number of rotatable bonds is 5. The molecule has 0 saturated carbocycles. The van der Waals surface area contributed by atoms with Crippen molar-refractivity contribution in [2.75, 3.05) is 5.75 Å². The topological polar surface area (TPSA) is 73.3 Å². The molecule has 1 aromatic carbocycles. The molecule has 17 heavy (non-hydrogen) atoms. The van der Waals surface area contributed by atoms with Crippen LogP contribution in [0, 0.1) is 0 Å². The van der Waals surface area contributed by atoms with Crippen molar-refractivity contribution >= 4 is 28.6 Å². The molecule has 4 nitrogen and oxygen atoms in total. The first-order valence-corrected chi connectivity index (χ1v) is 6.24. The third-order valence-corrected chi connectivity index (χ3v) is 3.43. The molecule has 0 radical (unpaired) electrons. The minimum absolute atomic E-state index is 0.215. The number of aliphatic hydroxyl groups excluding tert-OH is 1. The molecule has 0 saturated heterocycles. The van der Waals surface area contributed by atoms with Crippen molar-refractivity contribution < 1.29 is 15.0 Å². The minimum atomic E-state index is -0.977. The smallest absolute Gasteiger partial charge is 0.306 e. The Morgan fingerprint density at radius 2 is 2.18 bits per heavy atom. The number of aliphatic hydroxyl groups is 1. The van der Waals surface area contributed by atoms with E-state index >= 15 is 0 Å². The summed E-state index contributed by atoms with van der Waals surface area (Å²) < 4.78 is 0. The Bertz CT molecular complexity index is 490. The first-order chi connectivity index (χ1) is 8.15. The lowest BCUT2D eigenvalue weighted by Gasteiger charge is -2.05. The van der Waals surface area contributed by atoms with Gasteiger partial charge in [-0.15, -0.1) is 11.8 Å². The number of benzene rings is 1. The average Bonchev–Trinajstić information content (AvgIpc) is 2.68. The molecule has 0 aliphatic carbocycles. The number of nitrogens with one attached hydrogen (secondary N) is 1. The van der Waals surface area contributed by atoms with Crippen molar-refractivity contribution in [3.05, 3.63) is 30.3 Å². The minimum Gasteiger partial charge on any atom is -0.481 e. The number of aromatic amines is 1. The highest BCUT2D eigenvalue weighted by Crippen LogP contribution is 2.23. The molecule has 1 heterocycles. The van der Waals surface area contributed by atoms with E-state index in [0.717, 1.165) is 15.9 Å². The molecule has 3 N–H and O–H groups in total. The molecule has 1 unspecified atom stereocenters. The highest BCUT2D eigenvalue weighted by Gasteiger charge is 2.10. The molecule has 0 bridgehead atoms. The summed E-state index contributed by atoms with van der Waals surface area (Å²) in [6, 6.07) is 9.89. The largest absolute Gasteiger partial charge is 0.481 e. The second kappa shape index (κ2) is 5.25. The molecule has 2 rings (SSSR count). The molecule has 0 fully saturated rings. The van der Waals surface area contributed by atoms with Crippen LogP contribution in [0.3, 0.4) is 0 Å². The van der Waals surface area contributed by atoms with E-state index in [9.17, 15) is 9.90 Å². The zero-order valence-corrected chi connectivity index (χ0v) is 9.91. The molecular formula is C12H13NO3S. The molecule has 2 aromatic rings. The Labute approximate surface area is 103 Å². The second-order valence-electron chi connectivity index (χ2n) is 3.78. The van der Waals surface area contributed by atoms with Gasteiger partial charge in [-0.1, -0.05) is 18.2 Å². The van der Waals surface area contributed by atoms with Gasteiger partial charge in [0, 0.05) is 16.7 Å². The van der Waals surface area contributed by atoms with Crippen LogP contribution < -0.4 is 0 Å². The molecule has 0 aliphatic rings. The van der Waals surface area contributed by atoms with E-state index < -0.39 is 12.1 Å². The zero-order valence-electron chi connectivity index (χ0n) is 9.09. The number of fused-ring (bicyclic) bond motifs is 1. The maximum atomic E-state index is 10.4. The van der Waals surface area contributed by atoms with Gasteiger partial charge >= 0.3 is 5.97 Å². The highest BCUT2D eigenvalue weighted by atomic mass is 32.2. The van der Waals surface area contributed by atoms with E-state index in [4.69, 9.17) is 5.11 Å². The van der Waals surface area contributed by atoms with Crippen molar-refractivity contribution in [2.24, 2.45) is 0 Å². The molecule has 1 aromatic heterocycles. The van der Waals surface area contributed by atoms with E-state index in [0.29, 0.717) is 5.75 Å². The number of carboxylic acids is 1. The number of aliphatic carboxylic acids is 1. The summed E-state index contributed by atoms with van der Waals surface area (Å²) in [5, 5.41) is 20.0. The SMILES string of the molecule is O=C(O)CC(O)CSc1cc2ccccc2[nH]1. The third-order valence-electron chi connectivity index (χ3n) is 2.35. The predicted octanol–water partition coefficient (Wildman–Crippen LogP) is 2.10. The number of carboxylic acid groups (broad SMARTS) is 1. The lowest BCUT2D eigenvalue weighted by atomic mass is 10.3. The summed E-state index contributed by atoms with van der Waals surface area (Å²) in [4.78, 5) is 13.6.